The number of likely N-dealkylation sites (tertiary alicyclic amines) is 1. The molecule has 2 N–H and O–H groups in total. The summed E-state index contributed by atoms with van der Waals surface area (Å²) in [6.07, 6.45) is -5.11. The van der Waals surface area contributed by atoms with Crippen LogP contribution in [0.1, 0.15) is 18.0 Å². The summed E-state index contributed by atoms with van der Waals surface area (Å²) in [5.41, 5.74) is -1.98. The van der Waals surface area contributed by atoms with E-state index in [1.54, 1.807) is 30.3 Å². The lowest BCUT2D eigenvalue weighted by Crippen LogP contribution is -2.47. The van der Waals surface area contributed by atoms with Gasteiger partial charge in [0.1, 0.15) is 0 Å². The Morgan fingerprint density at radius 3 is 2.68 bits per heavy atom. The summed E-state index contributed by atoms with van der Waals surface area (Å²) in [7, 11) is 0. The molecule has 0 aliphatic carbocycles. The van der Waals surface area contributed by atoms with Crippen molar-refractivity contribution >= 4 is 6.03 Å². The molecule has 0 bridgehead atoms. The first kappa shape index (κ1) is 20.6. The van der Waals surface area contributed by atoms with Crippen LogP contribution in [-0.4, -0.2) is 50.5 Å². The molecule has 9 nitrogen and oxygen atoms in total. The highest BCUT2D eigenvalue weighted by atomic mass is 19.4. The van der Waals surface area contributed by atoms with E-state index in [4.69, 9.17) is 4.52 Å². The Kier molecular flexibility index (Phi) is 5.21. The van der Waals surface area contributed by atoms with Crippen LogP contribution in [-0.2, 0) is 12.0 Å². The van der Waals surface area contributed by atoms with Gasteiger partial charge in [-0.1, -0.05) is 35.5 Å². The van der Waals surface area contributed by atoms with Gasteiger partial charge >= 0.3 is 12.2 Å². The highest BCUT2D eigenvalue weighted by Gasteiger charge is 2.63. The Labute approximate surface area is 173 Å². The summed E-state index contributed by atoms with van der Waals surface area (Å²) in [5.74, 6) is -0.525. The minimum atomic E-state index is -4.71. The van der Waals surface area contributed by atoms with Crippen LogP contribution in [0, 0.1) is 0 Å². The van der Waals surface area contributed by atoms with Gasteiger partial charge in [-0.2, -0.15) is 23.3 Å². The molecule has 1 aromatic carbocycles. The fourth-order valence-electron chi connectivity index (χ4n) is 3.38. The first-order chi connectivity index (χ1) is 14.8. The van der Waals surface area contributed by atoms with Gasteiger partial charge in [-0.15, -0.1) is 0 Å². The Bertz CT molecular complexity index is 1110. The van der Waals surface area contributed by atoms with Gasteiger partial charge in [0.05, 0.1) is 12.2 Å². The molecule has 1 saturated heterocycles. The van der Waals surface area contributed by atoms with Crippen molar-refractivity contribution in [3.05, 3.63) is 64.4 Å². The lowest BCUT2D eigenvalue weighted by Gasteiger charge is -2.27. The maximum absolute atomic E-state index is 14.1. The Morgan fingerprint density at radius 2 is 2.00 bits per heavy atom. The molecular weight excluding hydrogens is 417 g/mol. The van der Waals surface area contributed by atoms with E-state index < -0.39 is 42.0 Å². The zero-order valence-corrected chi connectivity index (χ0v) is 16.0. The summed E-state index contributed by atoms with van der Waals surface area (Å²) in [6.45, 7) is -0.852. The van der Waals surface area contributed by atoms with E-state index >= 15 is 0 Å². The van der Waals surface area contributed by atoms with Gasteiger partial charge in [0.25, 0.3) is 5.56 Å². The molecular formula is C19H17F3N6O3. The number of aromatic nitrogens is 4. The first-order valence-corrected chi connectivity index (χ1v) is 9.32. The average molecular weight is 434 g/mol. The van der Waals surface area contributed by atoms with Crippen LogP contribution >= 0.6 is 0 Å². The van der Waals surface area contributed by atoms with E-state index in [0.717, 1.165) is 4.90 Å². The normalized spacial score (nSPS) is 18.9. The van der Waals surface area contributed by atoms with Crippen LogP contribution in [0.25, 0.3) is 11.4 Å². The predicted molar refractivity (Wildman–Crippen MR) is 101 cm³/mol. The highest BCUT2D eigenvalue weighted by molar-refractivity contribution is 5.74. The van der Waals surface area contributed by atoms with E-state index in [0.29, 0.717) is 11.3 Å². The number of hydrogen-bond donors (Lipinski definition) is 2. The molecule has 0 saturated carbocycles. The van der Waals surface area contributed by atoms with Crippen LogP contribution in [0.5, 0.6) is 0 Å². The van der Waals surface area contributed by atoms with E-state index in [-0.39, 0.29) is 18.9 Å². The molecule has 12 heteroatoms. The molecule has 1 unspecified atom stereocenters. The van der Waals surface area contributed by atoms with Gasteiger partial charge in [-0.3, -0.25) is 4.79 Å². The van der Waals surface area contributed by atoms with Crippen LogP contribution in [0.15, 0.2) is 51.8 Å². The number of aromatic amines is 1. The standard InChI is InChI=1S/C19H17F3N6O3/c20-19(21,22)18(16-24-15(27-31-16)12-4-2-1-3-5-12)8-9-28(11-18)17(30)23-10-13-6-7-14(29)26-25-13/h1-7H,8-11H2,(H,23,30)(H,26,29). The molecule has 0 spiro atoms. The molecule has 3 aromatic rings. The van der Waals surface area contributed by atoms with E-state index in [1.165, 1.54) is 12.1 Å². The van der Waals surface area contributed by atoms with E-state index in [2.05, 4.69) is 25.7 Å². The molecule has 3 heterocycles. The molecule has 1 fully saturated rings. The number of amides is 2. The second-order valence-electron chi connectivity index (χ2n) is 7.11. The largest absolute Gasteiger partial charge is 0.405 e. The number of alkyl halides is 3. The summed E-state index contributed by atoms with van der Waals surface area (Å²) in [4.78, 5) is 28.5. The van der Waals surface area contributed by atoms with Crippen LogP contribution in [0.2, 0.25) is 0 Å². The smallest absolute Gasteiger partial charge is 0.338 e. The number of hydrogen-bond acceptors (Lipinski definition) is 6. The number of rotatable bonds is 4. The number of nitrogens with one attached hydrogen (secondary N) is 2. The summed E-state index contributed by atoms with van der Waals surface area (Å²) in [6, 6.07) is 10.5. The molecule has 2 aromatic heterocycles. The first-order valence-electron chi connectivity index (χ1n) is 9.32. The summed E-state index contributed by atoms with van der Waals surface area (Å²) in [5, 5.41) is 12.2. The maximum Gasteiger partial charge on any atom is 0.405 e. The minimum Gasteiger partial charge on any atom is -0.338 e. The van der Waals surface area contributed by atoms with E-state index in [1.807, 2.05) is 0 Å². The lowest BCUT2D eigenvalue weighted by atomic mass is 9.86. The number of urea groups is 1. The molecule has 1 aliphatic rings. The van der Waals surface area contributed by atoms with Crippen molar-refractivity contribution < 1.29 is 22.5 Å². The third-order valence-corrected chi connectivity index (χ3v) is 5.12. The van der Waals surface area contributed by atoms with Crippen molar-refractivity contribution in [2.24, 2.45) is 0 Å². The van der Waals surface area contributed by atoms with Crippen molar-refractivity contribution in [2.45, 2.75) is 24.6 Å². The third-order valence-electron chi connectivity index (χ3n) is 5.12. The number of nitrogens with zero attached hydrogens (tertiary/aromatic N) is 4. The maximum atomic E-state index is 14.1. The molecule has 0 radical (unpaired) electrons. The predicted octanol–water partition coefficient (Wildman–Crippen LogP) is 2.24. The van der Waals surface area contributed by atoms with Crippen LogP contribution in [0.4, 0.5) is 18.0 Å². The highest BCUT2D eigenvalue weighted by Crippen LogP contribution is 2.47. The zero-order chi connectivity index (χ0) is 22.1. The van der Waals surface area contributed by atoms with Crippen LogP contribution in [0.3, 0.4) is 0 Å². The Balaban J connectivity index is 1.51. The number of halogens is 3. The molecule has 162 valence electrons. The third kappa shape index (κ3) is 4.00. The SMILES string of the molecule is O=C(NCc1ccc(=O)[nH]n1)N1CCC(c2nc(-c3ccccc3)no2)(C(F)(F)F)C1. The van der Waals surface area contributed by atoms with Gasteiger partial charge < -0.3 is 14.7 Å². The van der Waals surface area contributed by atoms with Crippen molar-refractivity contribution in [2.75, 3.05) is 13.1 Å². The quantitative estimate of drug-likeness (QED) is 0.651. The fraction of sp³-hybridized carbons (Fsp3) is 0.316. The Morgan fingerprint density at radius 1 is 1.23 bits per heavy atom. The second kappa shape index (κ2) is 7.85. The molecule has 1 aliphatic heterocycles. The topological polar surface area (TPSA) is 117 Å². The number of carbonyl (C=O) groups is 1. The number of carbonyl (C=O) groups excluding carboxylic acids is 1. The second-order valence-corrected chi connectivity index (χ2v) is 7.11. The molecule has 2 amide bonds. The Hall–Kier alpha value is -3.70. The lowest BCUT2D eigenvalue weighted by molar-refractivity contribution is -0.193. The van der Waals surface area contributed by atoms with Gasteiger partial charge in [-0.25, -0.2) is 9.89 Å². The van der Waals surface area contributed by atoms with Crippen LogP contribution < -0.4 is 10.9 Å². The van der Waals surface area contributed by atoms with Crippen molar-refractivity contribution in [3.8, 4) is 11.4 Å². The minimum absolute atomic E-state index is 0.0475. The van der Waals surface area contributed by atoms with E-state index in [9.17, 15) is 22.8 Å². The van der Waals surface area contributed by atoms with Crippen molar-refractivity contribution in [1.82, 2.24) is 30.6 Å². The monoisotopic (exact) mass is 434 g/mol. The van der Waals surface area contributed by atoms with Crippen molar-refractivity contribution in [3.63, 3.8) is 0 Å². The summed E-state index contributed by atoms with van der Waals surface area (Å²) < 4.78 is 47.3. The average Bonchev–Trinajstić information content (AvgIpc) is 3.42. The zero-order valence-electron chi connectivity index (χ0n) is 16.0. The molecule has 31 heavy (non-hydrogen) atoms. The summed E-state index contributed by atoms with van der Waals surface area (Å²) >= 11 is 0. The molecule has 1 atom stereocenters. The van der Waals surface area contributed by atoms with Gasteiger partial charge in [-0.05, 0) is 12.5 Å². The van der Waals surface area contributed by atoms with Gasteiger partial charge in [0, 0.05) is 24.7 Å². The number of benzene rings is 1. The molecule has 4 rings (SSSR count). The van der Waals surface area contributed by atoms with Crippen molar-refractivity contribution in [1.29, 1.82) is 0 Å². The fourth-order valence-corrected chi connectivity index (χ4v) is 3.38. The van der Waals surface area contributed by atoms with Gasteiger partial charge in [0.15, 0.2) is 5.41 Å². The number of H-pyrrole nitrogens is 1. The van der Waals surface area contributed by atoms with Gasteiger partial charge in [0.2, 0.25) is 11.7 Å².